The van der Waals surface area contributed by atoms with Crippen molar-refractivity contribution in [2.45, 2.75) is 6.92 Å². The second-order valence-corrected chi connectivity index (χ2v) is 8.25. The van der Waals surface area contributed by atoms with Gasteiger partial charge >= 0.3 is 0 Å². The molecule has 0 aliphatic carbocycles. The lowest BCUT2D eigenvalue weighted by molar-refractivity contribution is 0.607. The first-order valence-electron chi connectivity index (χ1n) is 6.47. The molecule has 22 heavy (non-hydrogen) atoms. The minimum absolute atomic E-state index is 0.438. The lowest BCUT2D eigenvalue weighted by Crippen LogP contribution is -2.09. The summed E-state index contributed by atoms with van der Waals surface area (Å²) in [4.78, 5) is 4.58. The fourth-order valence-corrected chi connectivity index (χ4v) is 4.10. The summed E-state index contributed by atoms with van der Waals surface area (Å²) in [6, 6.07) is 11.1. The van der Waals surface area contributed by atoms with E-state index < -0.39 is 10.0 Å². The molecular weight excluding hydrogens is 340 g/mol. The molecule has 0 radical (unpaired) electrons. The number of thiazole rings is 1. The molecule has 0 saturated heterocycles. The highest BCUT2D eigenvalue weighted by Crippen LogP contribution is 2.36. The zero-order chi connectivity index (χ0) is 15.9. The smallest absolute Gasteiger partial charge is 0.229 e. The maximum absolute atomic E-state index is 11.3. The normalized spacial score (nSPS) is 11.8. The molecular formula is C15H13ClN2O2S2. The Labute approximate surface area is 137 Å². The lowest BCUT2D eigenvalue weighted by Gasteiger charge is -2.06. The Bertz CT molecular complexity index is 965. The quantitative estimate of drug-likeness (QED) is 0.764. The second-order valence-electron chi connectivity index (χ2n) is 5.06. The standard InChI is InChI=1S/C15H13ClN2O2S2/c1-9-3-6-13-14(7-9)21-15(17-13)11-5-4-10(8-12(11)16)18-22(2,19)20/h3-8,18H,1-2H3. The summed E-state index contributed by atoms with van der Waals surface area (Å²) in [5, 5.41) is 1.28. The van der Waals surface area contributed by atoms with Crippen molar-refractivity contribution in [2.75, 3.05) is 11.0 Å². The number of nitrogens with one attached hydrogen (secondary N) is 1. The lowest BCUT2D eigenvalue weighted by atomic mass is 10.2. The van der Waals surface area contributed by atoms with Crippen molar-refractivity contribution >= 4 is 48.9 Å². The van der Waals surface area contributed by atoms with Gasteiger partial charge in [-0.15, -0.1) is 11.3 Å². The number of anilines is 1. The first-order valence-corrected chi connectivity index (χ1v) is 9.55. The van der Waals surface area contributed by atoms with Crippen molar-refractivity contribution in [3.05, 3.63) is 47.0 Å². The predicted octanol–water partition coefficient (Wildman–Crippen LogP) is 4.30. The molecule has 3 rings (SSSR count). The average molecular weight is 353 g/mol. The molecule has 4 nitrogen and oxygen atoms in total. The highest BCUT2D eigenvalue weighted by molar-refractivity contribution is 7.92. The minimum Gasteiger partial charge on any atom is -0.284 e. The molecule has 0 aliphatic heterocycles. The van der Waals surface area contributed by atoms with Gasteiger partial charge in [0.2, 0.25) is 10.0 Å². The van der Waals surface area contributed by atoms with Gasteiger partial charge in [-0.2, -0.15) is 0 Å². The summed E-state index contributed by atoms with van der Waals surface area (Å²) in [5.41, 5.74) is 3.34. The van der Waals surface area contributed by atoms with E-state index in [4.69, 9.17) is 11.6 Å². The van der Waals surface area contributed by atoms with Crippen LogP contribution in [-0.2, 0) is 10.0 Å². The van der Waals surface area contributed by atoms with Gasteiger partial charge in [-0.3, -0.25) is 4.72 Å². The van der Waals surface area contributed by atoms with Crippen molar-refractivity contribution in [1.82, 2.24) is 4.98 Å². The number of hydrogen-bond acceptors (Lipinski definition) is 4. The highest BCUT2D eigenvalue weighted by atomic mass is 35.5. The Kier molecular flexibility index (Phi) is 3.84. The van der Waals surface area contributed by atoms with Crippen LogP contribution >= 0.6 is 22.9 Å². The van der Waals surface area contributed by atoms with Crippen LogP contribution in [-0.4, -0.2) is 19.7 Å². The Morgan fingerprint density at radius 1 is 1.18 bits per heavy atom. The number of aromatic nitrogens is 1. The third-order valence-electron chi connectivity index (χ3n) is 3.05. The number of halogens is 1. The summed E-state index contributed by atoms with van der Waals surface area (Å²) in [7, 11) is -3.32. The first-order chi connectivity index (χ1) is 10.3. The van der Waals surface area contributed by atoms with Gasteiger partial charge in [-0.1, -0.05) is 17.7 Å². The van der Waals surface area contributed by atoms with Crippen LogP contribution < -0.4 is 4.72 Å². The number of hydrogen-bond donors (Lipinski definition) is 1. The Morgan fingerprint density at radius 2 is 1.95 bits per heavy atom. The topological polar surface area (TPSA) is 59.1 Å². The number of benzene rings is 2. The fourth-order valence-electron chi connectivity index (χ4n) is 2.11. The molecule has 0 bridgehead atoms. The van der Waals surface area contributed by atoms with Crippen molar-refractivity contribution < 1.29 is 8.42 Å². The van der Waals surface area contributed by atoms with Gasteiger partial charge in [0, 0.05) is 11.3 Å². The number of nitrogens with zero attached hydrogens (tertiary/aromatic N) is 1. The van der Waals surface area contributed by atoms with Crippen molar-refractivity contribution in [3.8, 4) is 10.6 Å². The Balaban J connectivity index is 2.03. The molecule has 0 spiro atoms. The zero-order valence-corrected chi connectivity index (χ0v) is 14.3. The van der Waals surface area contributed by atoms with E-state index in [1.807, 2.05) is 19.1 Å². The van der Waals surface area contributed by atoms with Crippen LogP contribution in [0.5, 0.6) is 0 Å². The van der Waals surface area contributed by atoms with Gasteiger partial charge in [0.15, 0.2) is 0 Å². The number of aryl methyl sites for hydroxylation is 1. The third-order valence-corrected chi connectivity index (χ3v) is 5.02. The molecule has 1 aromatic heterocycles. The molecule has 0 saturated carbocycles. The molecule has 3 aromatic rings. The molecule has 0 aliphatic rings. The van der Waals surface area contributed by atoms with E-state index >= 15 is 0 Å². The Morgan fingerprint density at radius 3 is 2.64 bits per heavy atom. The van der Waals surface area contributed by atoms with Gasteiger partial charge in [-0.25, -0.2) is 13.4 Å². The van der Waals surface area contributed by atoms with Gasteiger partial charge < -0.3 is 0 Å². The molecule has 0 atom stereocenters. The molecule has 1 heterocycles. The molecule has 2 aromatic carbocycles. The highest BCUT2D eigenvalue weighted by Gasteiger charge is 2.11. The summed E-state index contributed by atoms with van der Waals surface area (Å²) in [6.07, 6.45) is 1.10. The third kappa shape index (κ3) is 3.24. The number of sulfonamides is 1. The summed E-state index contributed by atoms with van der Waals surface area (Å²) in [6.45, 7) is 2.04. The summed E-state index contributed by atoms with van der Waals surface area (Å²) in [5.74, 6) is 0. The van der Waals surface area contributed by atoms with Crippen molar-refractivity contribution in [2.24, 2.45) is 0 Å². The number of rotatable bonds is 3. The van der Waals surface area contributed by atoms with Crippen LogP contribution in [0.25, 0.3) is 20.8 Å². The van der Waals surface area contributed by atoms with Crippen LogP contribution in [0.2, 0.25) is 5.02 Å². The summed E-state index contributed by atoms with van der Waals surface area (Å²) < 4.78 is 26.0. The minimum atomic E-state index is -3.32. The SMILES string of the molecule is Cc1ccc2nc(-c3ccc(NS(C)(=O)=O)cc3Cl)sc2c1. The van der Waals surface area contributed by atoms with Crippen molar-refractivity contribution in [1.29, 1.82) is 0 Å². The fraction of sp³-hybridized carbons (Fsp3) is 0.133. The predicted molar refractivity (Wildman–Crippen MR) is 93.3 cm³/mol. The Hall–Kier alpha value is -1.63. The average Bonchev–Trinajstić information content (AvgIpc) is 2.79. The van der Waals surface area contributed by atoms with Gasteiger partial charge in [-0.05, 0) is 42.8 Å². The maximum atomic E-state index is 11.3. The number of fused-ring (bicyclic) bond motifs is 1. The van der Waals surface area contributed by atoms with Crippen LogP contribution in [0.4, 0.5) is 5.69 Å². The van der Waals surface area contributed by atoms with Crippen LogP contribution in [0.1, 0.15) is 5.56 Å². The van der Waals surface area contributed by atoms with E-state index in [1.54, 1.807) is 29.5 Å². The second kappa shape index (κ2) is 5.53. The molecule has 114 valence electrons. The molecule has 0 amide bonds. The van der Waals surface area contributed by atoms with Gasteiger partial charge in [0.05, 0.1) is 21.5 Å². The van der Waals surface area contributed by atoms with E-state index in [0.29, 0.717) is 10.7 Å². The molecule has 7 heteroatoms. The van der Waals surface area contributed by atoms with Crippen molar-refractivity contribution in [3.63, 3.8) is 0 Å². The summed E-state index contributed by atoms with van der Waals surface area (Å²) >= 11 is 7.85. The van der Waals surface area contributed by atoms with Gasteiger partial charge in [0.1, 0.15) is 5.01 Å². The van der Waals surface area contributed by atoms with E-state index in [2.05, 4.69) is 15.8 Å². The van der Waals surface area contributed by atoms with E-state index in [0.717, 1.165) is 27.0 Å². The van der Waals surface area contributed by atoms with E-state index in [1.165, 1.54) is 5.56 Å². The van der Waals surface area contributed by atoms with E-state index in [9.17, 15) is 8.42 Å². The van der Waals surface area contributed by atoms with Gasteiger partial charge in [0.25, 0.3) is 0 Å². The first kappa shape index (κ1) is 15.3. The largest absolute Gasteiger partial charge is 0.284 e. The van der Waals surface area contributed by atoms with Crippen LogP contribution in [0.3, 0.4) is 0 Å². The van der Waals surface area contributed by atoms with E-state index in [-0.39, 0.29) is 0 Å². The zero-order valence-electron chi connectivity index (χ0n) is 11.9. The molecule has 0 unspecified atom stereocenters. The molecule has 1 N–H and O–H groups in total. The maximum Gasteiger partial charge on any atom is 0.229 e. The molecule has 0 fully saturated rings. The monoisotopic (exact) mass is 352 g/mol. The van der Waals surface area contributed by atoms with Crippen LogP contribution in [0.15, 0.2) is 36.4 Å². The van der Waals surface area contributed by atoms with Crippen LogP contribution in [0, 0.1) is 6.92 Å².